The summed E-state index contributed by atoms with van der Waals surface area (Å²) in [4.78, 5) is 12.2. The van der Waals surface area contributed by atoms with Crippen LogP contribution in [0.15, 0.2) is 65.6 Å². The number of sulfonamides is 1. The highest BCUT2D eigenvalue weighted by atomic mass is 32.2. The molecule has 168 valence electrons. The van der Waals surface area contributed by atoms with Crippen molar-refractivity contribution in [2.24, 2.45) is 0 Å². The van der Waals surface area contributed by atoms with Crippen LogP contribution in [0.5, 0.6) is 0 Å². The minimum Gasteiger partial charge on any atom is -0.374 e. The van der Waals surface area contributed by atoms with Crippen molar-refractivity contribution in [1.29, 1.82) is 0 Å². The monoisotopic (exact) mass is 444 g/mol. The van der Waals surface area contributed by atoms with Gasteiger partial charge in [0.15, 0.2) is 0 Å². The van der Waals surface area contributed by atoms with Crippen molar-refractivity contribution < 1.29 is 17.9 Å². The summed E-state index contributed by atoms with van der Waals surface area (Å²) >= 11 is 0. The average Bonchev–Trinajstić information content (AvgIpc) is 2.78. The summed E-state index contributed by atoms with van der Waals surface area (Å²) in [6.07, 6.45) is 3.85. The summed E-state index contributed by atoms with van der Waals surface area (Å²) in [6, 6.07) is 16.5. The van der Waals surface area contributed by atoms with E-state index in [1.165, 1.54) is 10.4 Å². The molecular weight excluding hydrogens is 412 g/mol. The molecule has 0 fully saturated rings. The first kappa shape index (κ1) is 24.8. The summed E-state index contributed by atoms with van der Waals surface area (Å²) in [5, 5.41) is 2.82. The maximum Gasteiger partial charge on any atom is 0.244 e. The van der Waals surface area contributed by atoms with Gasteiger partial charge in [-0.2, -0.15) is 4.31 Å². The number of benzene rings is 2. The lowest BCUT2D eigenvalue weighted by atomic mass is 10.1. The molecule has 1 unspecified atom stereocenters. The van der Waals surface area contributed by atoms with E-state index in [1.54, 1.807) is 30.3 Å². The zero-order valence-electron chi connectivity index (χ0n) is 18.5. The number of hydrogen-bond donors (Lipinski definition) is 1. The van der Waals surface area contributed by atoms with Gasteiger partial charge in [-0.3, -0.25) is 4.79 Å². The van der Waals surface area contributed by atoms with Gasteiger partial charge < -0.3 is 10.1 Å². The second-order valence-electron chi connectivity index (χ2n) is 7.06. The second kappa shape index (κ2) is 12.4. The van der Waals surface area contributed by atoms with E-state index in [0.29, 0.717) is 32.7 Å². The first-order valence-corrected chi connectivity index (χ1v) is 12.0. The third kappa shape index (κ3) is 7.61. The van der Waals surface area contributed by atoms with Crippen LogP contribution in [0, 0.1) is 0 Å². The zero-order valence-corrected chi connectivity index (χ0v) is 19.3. The Morgan fingerprint density at radius 2 is 1.71 bits per heavy atom. The van der Waals surface area contributed by atoms with Crippen LogP contribution in [0.1, 0.15) is 44.4 Å². The highest BCUT2D eigenvalue weighted by Gasteiger charge is 2.20. The van der Waals surface area contributed by atoms with E-state index in [0.717, 1.165) is 11.1 Å². The summed E-state index contributed by atoms with van der Waals surface area (Å²) in [6.45, 7) is 7.57. The molecule has 1 N–H and O–H groups in total. The molecule has 2 rings (SSSR count). The van der Waals surface area contributed by atoms with Gasteiger partial charge >= 0.3 is 0 Å². The van der Waals surface area contributed by atoms with Crippen LogP contribution in [-0.2, 0) is 19.6 Å². The van der Waals surface area contributed by atoms with Gasteiger partial charge in [0.2, 0.25) is 15.9 Å². The van der Waals surface area contributed by atoms with Gasteiger partial charge in [-0.1, -0.05) is 56.3 Å². The van der Waals surface area contributed by atoms with Crippen molar-refractivity contribution in [2.75, 3.05) is 26.2 Å². The molecule has 1 atom stereocenters. The number of rotatable bonds is 12. The van der Waals surface area contributed by atoms with E-state index >= 15 is 0 Å². The lowest BCUT2D eigenvalue weighted by Crippen LogP contribution is -2.30. The quantitative estimate of drug-likeness (QED) is 0.396. The molecule has 0 spiro atoms. The Labute approximate surface area is 186 Å². The fraction of sp³-hybridized carbons (Fsp3) is 0.375. The molecule has 0 bridgehead atoms. The van der Waals surface area contributed by atoms with Crippen molar-refractivity contribution >= 4 is 22.0 Å². The fourth-order valence-corrected chi connectivity index (χ4v) is 4.52. The highest BCUT2D eigenvalue weighted by molar-refractivity contribution is 7.89. The lowest BCUT2D eigenvalue weighted by molar-refractivity contribution is -0.116. The van der Waals surface area contributed by atoms with Crippen molar-refractivity contribution in [3.05, 3.63) is 71.8 Å². The highest BCUT2D eigenvalue weighted by Crippen LogP contribution is 2.17. The van der Waals surface area contributed by atoms with E-state index in [-0.39, 0.29) is 16.9 Å². The lowest BCUT2D eigenvalue weighted by Gasteiger charge is -2.18. The molecule has 0 aliphatic heterocycles. The normalized spacial score (nSPS) is 12.9. The number of amides is 1. The van der Waals surface area contributed by atoms with Crippen LogP contribution in [0.4, 0.5) is 0 Å². The van der Waals surface area contributed by atoms with Crippen LogP contribution in [0.3, 0.4) is 0 Å². The van der Waals surface area contributed by atoms with E-state index < -0.39 is 10.0 Å². The van der Waals surface area contributed by atoms with E-state index in [4.69, 9.17) is 4.74 Å². The molecule has 0 saturated carbocycles. The molecule has 2 aromatic carbocycles. The van der Waals surface area contributed by atoms with Crippen LogP contribution < -0.4 is 5.32 Å². The van der Waals surface area contributed by atoms with Gasteiger partial charge in [0.1, 0.15) is 0 Å². The first-order valence-electron chi connectivity index (χ1n) is 10.6. The minimum atomic E-state index is -3.47. The third-order valence-corrected chi connectivity index (χ3v) is 6.97. The maximum absolute atomic E-state index is 12.5. The van der Waals surface area contributed by atoms with Crippen LogP contribution in [0.2, 0.25) is 0 Å². The smallest absolute Gasteiger partial charge is 0.244 e. The Morgan fingerprint density at radius 3 is 2.32 bits per heavy atom. The molecule has 0 heterocycles. The van der Waals surface area contributed by atoms with Crippen LogP contribution in [0.25, 0.3) is 6.08 Å². The molecular formula is C24H32N2O4S. The SMILES string of the molecule is CCN(CC)S(=O)(=O)c1ccc(/C=C/C(=O)NCCCOC(C)c2ccccc2)cc1. The van der Waals surface area contributed by atoms with Crippen LogP contribution in [-0.4, -0.2) is 44.9 Å². The number of ether oxygens (including phenoxy) is 1. The third-order valence-electron chi connectivity index (χ3n) is 4.91. The van der Waals surface area contributed by atoms with E-state index in [1.807, 2.05) is 51.1 Å². The van der Waals surface area contributed by atoms with Gasteiger partial charge in [-0.05, 0) is 42.7 Å². The molecule has 31 heavy (non-hydrogen) atoms. The first-order chi connectivity index (χ1) is 14.9. The number of nitrogens with one attached hydrogen (secondary N) is 1. The number of hydrogen-bond acceptors (Lipinski definition) is 4. The van der Waals surface area contributed by atoms with Gasteiger partial charge in [0.25, 0.3) is 0 Å². The predicted octanol–water partition coefficient (Wildman–Crippen LogP) is 4.01. The van der Waals surface area contributed by atoms with Crippen LogP contribution >= 0.6 is 0 Å². The van der Waals surface area contributed by atoms with Crippen molar-refractivity contribution in [2.45, 2.75) is 38.2 Å². The van der Waals surface area contributed by atoms with Crippen molar-refractivity contribution in [3.63, 3.8) is 0 Å². The molecule has 1 amide bonds. The summed E-state index contributed by atoms with van der Waals surface area (Å²) < 4.78 is 32.2. The summed E-state index contributed by atoms with van der Waals surface area (Å²) in [5.74, 6) is -0.198. The van der Waals surface area contributed by atoms with E-state index in [2.05, 4.69) is 5.32 Å². The van der Waals surface area contributed by atoms with Crippen molar-refractivity contribution in [1.82, 2.24) is 9.62 Å². The molecule has 7 heteroatoms. The summed E-state index contributed by atoms with van der Waals surface area (Å²) in [7, 11) is -3.47. The van der Waals surface area contributed by atoms with Crippen molar-refractivity contribution in [3.8, 4) is 0 Å². The molecule has 0 aliphatic carbocycles. The number of carbonyl (C=O) groups excluding carboxylic acids is 1. The predicted molar refractivity (Wildman–Crippen MR) is 124 cm³/mol. The topological polar surface area (TPSA) is 75.7 Å². The number of nitrogens with zero attached hydrogens (tertiary/aromatic N) is 1. The molecule has 0 saturated heterocycles. The largest absolute Gasteiger partial charge is 0.374 e. The molecule has 0 aromatic heterocycles. The Kier molecular flexibility index (Phi) is 9.91. The van der Waals surface area contributed by atoms with Gasteiger partial charge in [0, 0.05) is 32.3 Å². The minimum absolute atomic E-state index is 0.0188. The molecule has 6 nitrogen and oxygen atoms in total. The average molecular weight is 445 g/mol. The Morgan fingerprint density at radius 1 is 1.06 bits per heavy atom. The van der Waals surface area contributed by atoms with Gasteiger partial charge in [0.05, 0.1) is 11.0 Å². The van der Waals surface area contributed by atoms with E-state index in [9.17, 15) is 13.2 Å². The zero-order chi connectivity index (χ0) is 22.7. The maximum atomic E-state index is 12.5. The Balaban J connectivity index is 1.75. The molecule has 0 radical (unpaired) electrons. The number of carbonyl (C=O) groups is 1. The summed E-state index contributed by atoms with van der Waals surface area (Å²) in [5.41, 5.74) is 1.89. The van der Waals surface area contributed by atoms with Gasteiger partial charge in [-0.15, -0.1) is 0 Å². The fourth-order valence-electron chi connectivity index (χ4n) is 3.06. The van der Waals surface area contributed by atoms with Gasteiger partial charge in [-0.25, -0.2) is 8.42 Å². The Bertz CT molecular complexity index is 937. The molecule has 2 aromatic rings. The molecule has 0 aliphatic rings. The second-order valence-corrected chi connectivity index (χ2v) is 9.00. The Hall–Kier alpha value is -2.48. The standard InChI is InChI=1S/C24H32N2O4S/c1-4-26(5-2)31(28,29)23-15-12-21(13-16-23)14-17-24(27)25-18-9-19-30-20(3)22-10-7-6-8-11-22/h6-8,10-17,20H,4-5,9,18-19H2,1-3H3,(H,25,27)/b17-14+.